The lowest BCUT2D eigenvalue weighted by atomic mass is 10.1. The van der Waals surface area contributed by atoms with Crippen LogP contribution in [0.2, 0.25) is 5.28 Å². The van der Waals surface area contributed by atoms with Crippen molar-refractivity contribution in [2.75, 3.05) is 18.6 Å². The van der Waals surface area contributed by atoms with E-state index in [1.807, 2.05) is 0 Å². The topological polar surface area (TPSA) is 98.5 Å². The van der Waals surface area contributed by atoms with Gasteiger partial charge in [-0.1, -0.05) is 0 Å². The minimum atomic E-state index is -5.00. The Labute approximate surface area is 152 Å². The number of alkyl halides is 6. The summed E-state index contributed by atoms with van der Waals surface area (Å²) in [6.07, 6.45) is -12.9. The second-order valence-corrected chi connectivity index (χ2v) is 5.36. The number of hydrogen-bond donors (Lipinski definition) is 0. The Bertz CT molecular complexity index is 699. The molecule has 152 valence electrons. The molecular formula is C12H11ClF6N4O4. The first-order chi connectivity index (χ1) is 12.2. The van der Waals surface area contributed by atoms with E-state index < -0.39 is 65.5 Å². The summed E-state index contributed by atoms with van der Waals surface area (Å²) >= 11 is 5.47. The van der Waals surface area contributed by atoms with Gasteiger partial charge in [0.05, 0.1) is 24.9 Å². The van der Waals surface area contributed by atoms with Crippen molar-refractivity contribution >= 4 is 29.1 Å². The summed E-state index contributed by atoms with van der Waals surface area (Å²) in [5.41, 5.74) is -1.03. The van der Waals surface area contributed by atoms with Crippen LogP contribution in [0.1, 0.15) is 12.8 Å². The van der Waals surface area contributed by atoms with Gasteiger partial charge in [-0.25, -0.2) is 9.78 Å². The molecule has 1 atom stereocenters. The molecule has 0 aromatic carbocycles. The second-order valence-electron chi connectivity index (χ2n) is 5.02. The summed E-state index contributed by atoms with van der Waals surface area (Å²) in [6.45, 7) is -1.24. The van der Waals surface area contributed by atoms with Crippen LogP contribution in [0.4, 0.5) is 37.8 Å². The second kappa shape index (κ2) is 8.54. The minimum Gasteiger partial charge on any atom is -0.467 e. The number of aromatic nitrogens is 2. The van der Waals surface area contributed by atoms with Crippen LogP contribution in [0.15, 0.2) is 6.20 Å². The number of ether oxygens (including phenoxy) is 1. The van der Waals surface area contributed by atoms with E-state index >= 15 is 0 Å². The SMILES string of the molecule is COC(=O)C(CC(F)(F)F)N(CCC(F)(F)F)c1nc(Cl)ncc1[N+](=O)[O-]. The van der Waals surface area contributed by atoms with Crippen molar-refractivity contribution in [3.8, 4) is 0 Å². The lowest BCUT2D eigenvalue weighted by Gasteiger charge is -2.31. The first-order valence-corrected chi connectivity index (χ1v) is 7.28. The van der Waals surface area contributed by atoms with Crippen LogP contribution in [0.25, 0.3) is 0 Å². The highest BCUT2D eigenvalue weighted by Crippen LogP contribution is 2.33. The normalized spacial score (nSPS) is 13.2. The van der Waals surface area contributed by atoms with Gasteiger partial charge in [0.25, 0.3) is 0 Å². The molecule has 0 aliphatic heterocycles. The molecule has 0 spiro atoms. The standard InChI is InChI=1S/C12H11ClF6N4O4/c1-27-9(24)6(4-12(17,18)19)22(3-2-11(14,15)16)8-7(23(25)26)5-20-10(13)21-8/h5-6H,2-4H2,1H3. The molecule has 1 unspecified atom stereocenters. The minimum absolute atomic E-state index is 0.193. The Kier molecular flexibility index (Phi) is 7.17. The molecule has 27 heavy (non-hydrogen) atoms. The number of carbonyl (C=O) groups is 1. The van der Waals surface area contributed by atoms with Crippen molar-refractivity contribution in [2.45, 2.75) is 31.2 Å². The molecule has 15 heteroatoms. The average Bonchev–Trinajstić information content (AvgIpc) is 2.50. The van der Waals surface area contributed by atoms with Gasteiger partial charge in [0.2, 0.25) is 11.1 Å². The summed E-state index contributed by atoms with van der Waals surface area (Å²) in [4.78, 5) is 28.6. The van der Waals surface area contributed by atoms with Crippen molar-refractivity contribution in [2.24, 2.45) is 0 Å². The number of hydrogen-bond acceptors (Lipinski definition) is 7. The van der Waals surface area contributed by atoms with Crippen molar-refractivity contribution in [1.82, 2.24) is 9.97 Å². The molecule has 0 amide bonds. The van der Waals surface area contributed by atoms with Crippen molar-refractivity contribution in [1.29, 1.82) is 0 Å². The first kappa shape index (κ1) is 22.7. The third-order valence-electron chi connectivity index (χ3n) is 3.10. The zero-order valence-corrected chi connectivity index (χ0v) is 14.1. The van der Waals surface area contributed by atoms with Gasteiger partial charge in [0.15, 0.2) is 0 Å². The van der Waals surface area contributed by atoms with Crippen molar-refractivity contribution in [3.63, 3.8) is 0 Å². The summed E-state index contributed by atoms with van der Waals surface area (Å²) in [5, 5.41) is 10.4. The summed E-state index contributed by atoms with van der Waals surface area (Å²) in [5.74, 6) is -2.53. The highest BCUT2D eigenvalue weighted by molar-refractivity contribution is 6.28. The van der Waals surface area contributed by atoms with Gasteiger partial charge in [-0.2, -0.15) is 31.3 Å². The van der Waals surface area contributed by atoms with E-state index in [4.69, 9.17) is 11.6 Å². The molecule has 1 aromatic heterocycles. The zero-order valence-electron chi connectivity index (χ0n) is 13.3. The van der Waals surface area contributed by atoms with E-state index in [-0.39, 0.29) is 4.90 Å². The van der Waals surface area contributed by atoms with E-state index in [9.17, 15) is 41.3 Å². The van der Waals surface area contributed by atoms with Gasteiger partial charge in [-0.15, -0.1) is 0 Å². The van der Waals surface area contributed by atoms with E-state index in [0.717, 1.165) is 7.11 Å². The maximum atomic E-state index is 12.8. The van der Waals surface area contributed by atoms with Gasteiger partial charge in [-0.3, -0.25) is 10.1 Å². The molecule has 1 rings (SSSR count). The van der Waals surface area contributed by atoms with Crippen LogP contribution >= 0.6 is 11.6 Å². The van der Waals surface area contributed by atoms with Crippen molar-refractivity contribution < 1.29 is 40.8 Å². The summed E-state index contributed by atoms with van der Waals surface area (Å²) in [6, 6.07) is -2.36. The smallest absolute Gasteiger partial charge is 0.391 e. The Morgan fingerprint density at radius 3 is 2.37 bits per heavy atom. The van der Waals surface area contributed by atoms with Crippen LogP contribution in [-0.2, 0) is 9.53 Å². The quantitative estimate of drug-likeness (QED) is 0.218. The Hall–Kier alpha value is -2.38. The maximum Gasteiger partial charge on any atom is 0.391 e. The monoisotopic (exact) mass is 424 g/mol. The zero-order chi connectivity index (χ0) is 21.0. The number of nitro groups is 1. The number of carbonyl (C=O) groups excluding carboxylic acids is 1. The summed E-state index contributed by atoms with van der Waals surface area (Å²) in [7, 11) is 0.717. The van der Waals surface area contributed by atoms with Gasteiger partial charge < -0.3 is 9.64 Å². The highest BCUT2D eigenvalue weighted by atomic mass is 35.5. The lowest BCUT2D eigenvalue weighted by Crippen LogP contribution is -2.47. The number of halogens is 7. The van der Waals surface area contributed by atoms with Crippen LogP contribution in [-0.4, -0.2) is 52.9 Å². The molecule has 1 aromatic rings. The number of rotatable bonds is 7. The molecule has 8 nitrogen and oxygen atoms in total. The van der Waals surface area contributed by atoms with Gasteiger partial charge in [-0.05, 0) is 11.6 Å². The third-order valence-corrected chi connectivity index (χ3v) is 3.28. The first-order valence-electron chi connectivity index (χ1n) is 6.90. The molecular weight excluding hydrogens is 414 g/mol. The molecule has 0 aliphatic carbocycles. The number of esters is 1. The molecule has 0 bridgehead atoms. The van der Waals surface area contributed by atoms with E-state index in [2.05, 4.69) is 14.7 Å². The number of anilines is 1. The molecule has 1 heterocycles. The fourth-order valence-corrected chi connectivity index (χ4v) is 2.15. The number of nitrogens with zero attached hydrogens (tertiary/aromatic N) is 4. The van der Waals surface area contributed by atoms with E-state index in [0.29, 0.717) is 6.20 Å². The maximum absolute atomic E-state index is 12.8. The molecule has 0 saturated carbocycles. The Morgan fingerprint density at radius 2 is 1.93 bits per heavy atom. The Morgan fingerprint density at radius 1 is 1.33 bits per heavy atom. The Balaban J connectivity index is 3.52. The van der Waals surface area contributed by atoms with Crippen molar-refractivity contribution in [3.05, 3.63) is 21.6 Å². The molecule has 0 aliphatic rings. The van der Waals surface area contributed by atoms with Gasteiger partial charge in [0, 0.05) is 6.54 Å². The molecule has 0 radical (unpaired) electrons. The van der Waals surface area contributed by atoms with Gasteiger partial charge in [0.1, 0.15) is 12.2 Å². The highest BCUT2D eigenvalue weighted by Gasteiger charge is 2.43. The predicted octanol–water partition coefficient (Wildman–Crippen LogP) is 3.29. The van der Waals surface area contributed by atoms with Crippen LogP contribution in [0.3, 0.4) is 0 Å². The van der Waals surface area contributed by atoms with Crippen LogP contribution in [0, 0.1) is 10.1 Å². The molecule has 0 fully saturated rings. The van der Waals surface area contributed by atoms with Gasteiger partial charge >= 0.3 is 24.0 Å². The fourth-order valence-electron chi connectivity index (χ4n) is 2.02. The molecule has 0 N–H and O–H groups in total. The van der Waals surface area contributed by atoms with Crippen LogP contribution < -0.4 is 4.90 Å². The summed E-state index contributed by atoms with van der Waals surface area (Å²) < 4.78 is 80.5. The number of methoxy groups -OCH3 is 1. The largest absolute Gasteiger partial charge is 0.467 e. The van der Waals surface area contributed by atoms with E-state index in [1.165, 1.54) is 0 Å². The lowest BCUT2D eigenvalue weighted by molar-refractivity contribution is -0.384. The fraction of sp³-hybridized carbons (Fsp3) is 0.583. The van der Waals surface area contributed by atoms with Crippen LogP contribution in [0.5, 0.6) is 0 Å². The van der Waals surface area contributed by atoms with E-state index in [1.54, 1.807) is 0 Å². The predicted molar refractivity (Wildman–Crippen MR) is 78.2 cm³/mol. The molecule has 0 saturated heterocycles. The third kappa shape index (κ3) is 7.03. The average molecular weight is 425 g/mol.